The van der Waals surface area contributed by atoms with E-state index in [0.717, 1.165) is 0 Å². The molecule has 12 heavy (non-hydrogen) atoms. The number of ether oxygens (including phenoxy) is 2. The molecule has 0 heterocycles. The monoisotopic (exact) mass is 175 g/mol. The molecule has 0 aromatic carbocycles. The Labute approximate surface area is 71.0 Å². The quantitative estimate of drug-likeness (QED) is 0.482. The van der Waals surface area contributed by atoms with Crippen LogP contribution in [0.3, 0.4) is 0 Å². The van der Waals surface area contributed by atoms with Gasteiger partial charge in [-0.2, -0.15) is 0 Å². The third kappa shape index (κ3) is 5.67. The molecular formula is C7H13NO4. The number of esters is 1. The van der Waals surface area contributed by atoms with E-state index in [1.165, 1.54) is 13.8 Å². The molecule has 5 heteroatoms. The maximum absolute atomic E-state index is 10.5. The Kier molecular flexibility index (Phi) is 5.03. The summed E-state index contributed by atoms with van der Waals surface area (Å²) in [5, 5.41) is 2.31. The van der Waals surface area contributed by atoms with E-state index in [1.54, 1.807) is 6.92 Å². The fourth-order valence-corrected chi connectivity index (χ4v) is 0.573. The molecule has 0 fully saturated rings. The van der Waals surface area contributed by atoms with Crippen LogP contribution >= 0.6 is 0 Å². The molecule has 1 unspecified atom stereocenters. The van der Waals surface area contributed by atoms with Gasteiger partial charge in [-0.15, -0.1) is 0 Å². The minimum atomic E-state index is -0.968. The minimum absolute atomic E-state index is 0.310. The first-order valence-electron chi connectivity index (χ1n) is 3.62. The van der Waals surface area contributed by atoms with Gasteiger partial charge < -0.3 is 9.47 Å². The molecule has 0 bridgehead atoms. The van der Waals surface area contributed by atoms with Crippen molar-refractivity contribution in [2.24, 2.45) is 0 Å². The second-order valence-corrected chi connectivity index (χ2v) is 2.10. The predicted molar refractivity (Wildman–Crippen MR) is 41.0 cm³/mol. The lowest BCUT2D eigenvalue weighted by Gasteiger charge is -2.16. The SMILES string of the molecule is CCOC(NC(C)=O)OC(C)=O. The van der Waals surface area contributed by atoms with E-state index >= 15 is 0 Å². The Bertz CT molecular complexity index is 153. The summed E-state index contributed by atoms with van der Waals surface area (Å²) in [6.45, 7) is 4.65. The molecule has 1 N–H and O–H groups in total. The lowest BCUT2D eigenvalue weighted by Crippen LogP contribution is -2.38. The van der Waals surface area contributed by atoms with Crippen LogP contribution in [-0.2, 0) is 19.1 Å². The third-order valence-corrected chi connectivity index (χ3v) is 0.912. The van der Waals surface area contributed by atoms with Gasteiger partial charge in [0.15, 0.2) is 0 Å². The summed E-state index contributed by atoms with van der Waals surface area (Å²) in [5.41, 5.74) is 0. The summed E-state index contributed by atoms with van der Waals surface area (Å²) in [5.74, 6) is -0.808. The van der Waals surface area contributed by atoms with Gasteiger partial charge >= 0.3 is 5.97 Å². The largest absolute Gasteiger partial charge is 0.416 e. The highest BCUT2D eigenvalue weighted by Crippen LogP contribution is 1.91. The molecule has 0 saturated heterocycles. The highest BCUT2D eigenvalue weighted by molar-refractivity contribution is 5.73. The number of hydrogen-bond acceptors (Lipinski definition) is 4. The van der Waals surface area contributed by atoms with Crippen molar-refractivity contribution in [3.05, 3.63) is 0 Å². The number of nitrogens with one attached hydrogen (secondary N) is 1. The lowest BCUT2D eigenvalue weighted by atomic mass is 10.7. The van der Waals surface area contributed by atoms with Gasteiger partial charge in [-0.05, 0) is 6.92 Å². The molecule has 70 valence electrons. The molecule has 0 aliphatic carbocycles. The Hall–Kier alpha value is -1.10. The van der Waals surface area contributed by atoms with Crippen LogP contribution in [-0.4, -0.2) is 24.9 Å². The zero-order valence-electron chi connectivity index (χ0n) is 7.42. The summed E-state index contributed by atoms with van der Waals surface area (Å²) in [6.07, 6.45) is -0.968. The second kappa shape index (κ2) is 5.54. The van der Waals surface area contributed by atoms with Gasteiger partial charge in [0.05, 0.1) is 0 Å². The topological polar surface area (TPSA) is 64.6 Å². The average Bonchev–Trinajstić information content (AvgIpc) is 1.84. The van der Waals surface area contributed by atoms with E-state index in [-0.39, 0.29) is 5.91 Å². The first-order valence-corrected chi connectivity index (χ1v) is 3.62. The van der Waals surface area contributed by atoms with Crippen molar-refractivity contribution in [1.29, 1.82) is 0 Å². The number of carbonyl (C=O) groups excluding carboxylic acids is 2. The highest BCUT2D eigenvalue weighted by atomic mass is 16.7. The Balaban J connectivity index is 3.85. The maximum atomic E-state index is 10.5. The average molecular weight is 175 g/mol. The van der Waals surface area contributed by atoms with Gasteiger partial charge in [0.1, 0.15) is 0 Å². The number of rotatable bonds is 4. The summed E-state index contributed by atoms with van der Waals surface area (Å²) in [6, 6.07) is 0. The standard InChI is InChI=1S/C7H13NO4/c1-4-11-7(8-5(2)9)12-6(3)10/h7H,4H2,1-3H3,(H,8,9). The van der Waals surface area contributed by atoms with Gasteiger partial charge in [-0.1, -0.05) is 0 Å². The van der Waals surface area contributed by atoms with Crippen molar-refractivity contribution in [2.45, 2.75) is 27.2 Å². The van der Waals surface area contributed by atoms with Crippen LogP contribution in [0.25, 0.3) is 0 Å². The molecular weight excluding hydrogens is 162 g/mol. The predicted octanol–water partition coefficient (Wildman–Crippen LogP) is 0.00570. The van der Waals surface area contributed by atoms with Crippen molar-refractivity contribution in [3.63, 3.8) is 0 Å². The fraction of sp³-hybridized carbons (Fsp3) is 0.714. The zero-order chi connectivity index (χ0) is 9.56. The highest BCUT2D eigenvalue weighted by Gasteiger charge is 2.11. The van der Waals surface area contributed by atoms with E-state index in [9.17, 15) is 9.59 Å². The van der Waals surface area contributed by atoms with Gasteiger partial charge in [0, 0.05) is 20.5 Å². The normalized spacial score (nSPS) is 11.9. The third-order valence-electron chi connectivity index (χ3n) is 0.912. The molecule has 0 radical (unpaired) electrons. The summed E-state index contributed by atoms with van der Waals surface area (Å²) in [7, 11) is 0. The summed E-state index contributed by atoms with van der Waals surface area (Å²) < 4.78 is 9.50. The van der Waals surface area contributed by atoms with Crippen LogP contribution in [0.15, 0.2) is 0 Å². The van der Waals surface area contributed by atoms with Crippen LogP contribution in [0.4, 0.5) is 0 Å². The molecule has 0 rings (SSSR count). The van der Waals surface area contributed by atoms with E-state index in [4.69, 9.17) is 4.74 Å². The Morgan fingerprint density at radius 2 is 2.00 bits per heavy atom. The molecule has 1 amide bonds. The van der Waals surface area contributed by atoms with Crippen LogP contribution in [0, 0.1) is 0 Å². The molecule has 5 nitrogen and oxygen atoms in total. The smallest absolute Gasteiger partial charge is 0.306 e. The first-order chi connectivity index (χ1) is 5.56. The Morgan fingerprint density at radius 1 is 1.42 bits per heavy atom. The molecule has 0 aliphatic heterocycles. The molecule has 0 aromatic rings. The number of amides is 1. The molecule has 0 aliphatic rings. The van der Waals surface area contributed by atoms with Crippen molar-refractivity contribution < 1.29 is 19.1 Å². The van der Waals surface area contributed by atoms with Crippen LogP contribution in [0.1, 0.15) is 20.8 Å². The maximum Gasteiger partial charge on any atom is 0.306 e. The van der Waals surface area contributed by atoms with Gasteiger partial charge in [-0.3, -0.25) is 14.9 Å². The molecule has 0 saturated carbocycles. The van der Waals surface area contributed by atoms with E-state index in [1.807, 2.05) is 0 Å². The van der Waals surface area contributed by atoms with Crippen molar-refractivity contribution >= 4 is 11.9 Å². The lowest BCUT2D eigenvalue weighted by molar-refractivity contribution is -0.184. The van der Waals surface area contributed by atoms with Crippen LogP contribution in [0.2, 0.25) is 0 Å². The van der Waals surface area contributed by atoms with Crippen LogP contribution in [0.5, 0.6) is 0 Å². The van der Waals surface area contributed by atoms with Gasteiger partial charge in [-0.25, -0.2) is 0 Å². The Morgan fingerprint density at radius 3 is 2.33 bits per heavy atom. The van der Waals surface area contributed by atoms with Crippen molar-refractivity contribution in [3.8, 4) is 0 Å². The van der Waals surface area contributed by atoms with Crippen molar-refractivity contribution in [2.75, 3.05) is 6.61 Å². The van der Waals surface area contributed by atoms with E-state index in [2.05, 4.69) is 10.1 Å². The van der Waals surface area contributed by atoms with Crippen LogP contribution < -0.4 is 5.32 Å². The molecule has 0 aromatic heterocycles. The first kappa shape index (κ1) is 10.9. The number of carbonyl (C=O) groups is 2. The fourth-order valence-electron chi connectivity index (χ4n) is 0.573. The van der Waals surface area contributed by atoms with E-state index < -0.39 is 12.4 Å². The van der Waals surface area contributed by atoms with Gasteiger partial charge in [0.2, 0.25) is 5.91 Å². The second-order valence-electron chi connectivity index (χ2n) is 2.10. The minimum Gasteiger partial charge on any atom is -0.416 e. The number of hydrogen-bond donors (Lipinski definition) is 1. The molecule has 0 spiro atoms. The summed E-state index contributed by atoms with van der Waals surface area (Å²) in [4.78, 5) is 21.0. The zero-order valence-corrected chi connectivity index (χ0v) is 7.42. The van der Waals surface area contributed by atoms with Crippen molar-refractivity contribution in [1.82, 2.24) is 5.32 Å². The molecule has 1 atom stereocenters. The summed E-state index contributed by atoms with van der Waals surface area (Å²) >= 11 is 0. The van der Waals surface area contributed by atoms with Gasteiger partial charge in [0.25, 0.3) is 6.41 Å². The van der Waals surface area contributed by atoms with E-state index in [0.29, 0.717) is 6.61 Å².